The number of halogens is 2. The van der Waals surface area contributed by atoms with Crippen molar-refractivity contribution in [1.29, 1.82) is 0 Å². The molecule has 5 heteroatoms. The van der Waals surface area contributed by atoms with E-state index in [1.54, 1.807) is 18.3 Å². The van der Waals surface area contributed by atoms with Crippen molar-refractivity contribution in [3.63, 3.8) is 0 Å². The van der Waals surface area contributed by atoms with Crippen LogP contribution in [0.1, 0.15) is 22.9 Å². The molecule has 0 aliphatic carbocycles. The van der Waals surface area contributed by atoms with Crippen LogP contribution >= 0.6 is 15.9 Å². The molecule has 0 amide bonds. The number of nitrogens with zero attached hydrogens (tertiary/aromatic N) is 1. The molecular weight excluding hydrogens is 297 g/mol. The molecule has 0 saturated carbocycles. The second-order valence-corrected chi connectivity index (χ2v) is 4.91. The molecule has 0 aliphatic heterocycles. The molecule has 0 spiro atoms. The van der Waals surface area contributed by atoms with E-state index < -0.39 is 6.04 Å². The lowest BCUT2D eigenvalue weighted by Crippen LogP contribution is -2.29. The molecule has 0 saturated heterocycles. The van der Waals surface area contributed by atoms with Gasteiger partial charge in [-0.2, -0.15) is 0 Å². The smallest absolute Gasteiger partial charge is 0.129 e. The van der Waals surface area contributed by atoms with E-state index in [1.165, 1.54) is 6.07 Å². The van der Waals surface area contributed by atoms with Crippen LogP contribution in [0.3, 0.4) is 0 Å². The van der Waals surface area contributed by atoms with Crippen molar-refractivity contribution in [2.24, 2.45) is 5.84 Å². The third kappa shape index (κ3) is 2.75. The molecule has 1 aromatic heterocycles. The summed E-state index contributed by atoms with van der Waals surface area (Å²) in [7, 11) is 0. The van der Waals surface area contributed by atoms with Crippen LogP contribution < -0.4 is 11.3 Å². The molecule has 1 unspecified atom stereocenters. The van der Waals surface area contributed by atoms with Gasteiger partial charge in [-0.25, -0.2) is 9.82 Å². The average Bonchev–Trinajstić information content (AvgIpc) is 2.35. The van der Waals surface area contributed by atoms with Gasteiger partial charge in [0.25, 0.3) is 0 Å². The van der Waals surface area contributed by atoms with Crippen molar-refractivity contribution in [2.45, 2.75) is 13.0 Å². The zero-order valence-corrected chi connectivity index (χ0v) is 11.4. The summed E-state index contributed by atoms with van der Waals surface area (Å²) >= 11 is 3.23. The van der Waals surface area contributed by atoms with Crippen LogP contribution in [0.2, 0.25) is 0 Å². The molecule has 0 bridgehead atoms. The Bertz CT molecular complexity index is 542. The number of nitrogens with one attached hydrogen (secondary N) is 1. The predicted octanol–water partition coefficient (Wildman–Crippen LogP) is 2.84. The molecule has 2 aromatic rings. The summed E-state index contributed by atoms with van der Waals surface area (Å²) in [5.41, 5.74) is 4.84. The molecule has 1 heterocycles. The minimum absolute atomic E-state index is 0.312. The van der Waals surface area contributed by atoms with Crippen LogP contribution in [0.25, 0.3) is 0 Å². The fourth-order valence-electron chi connectivity index (χ4n) is 1.75. The molecule has 18 heavy (non-hydrogen) atoms. The molecule has 94 valence electrons. The van der Waals surface area contributed by atoms with E-state index in [4.69, 9.17) is 5.84 Å². The Morgan fingerprint density at radius 3 is 2.67 bits per heavy atom. The standard InChI is InChI=1S/C13H13BrFN3/c1-8-2-3-9(7-17-8)13(18-16)11-5-4-10(14)6-12(11)15/h2-7,13,18H,16H2,1H3. The first-order chi connectivity index (χ1) is 8.61. The van der Waals surface area contributed by atoms with Gasteiger partial charge in [-0.1, -0.05) is 28.1 Å². The molecule has 1 aromatic carbocycles. The number of aromatic nitrogens is 1. The summed E-state index contributed by atoms with van der Waals surface area (Å²) < 4.78 is 14.6. The molecule has 3 nitrogen and oxygen atoms in total. The van der Waals surface area contributed by atoms with E-state index in [2.05, 4.69) is 26.3 Å². The monoisotopic (exact) mass is 309 g/mol. The minimum atomic E-state index is -0.411. The van der Waals surface area contributed by atoms with Gasteiger partial charge in [-0.15, -0.1) is 0 Å². The molecule has 0 radical (unpaired) electrons. The van der Waals surface area contributed by atoms with Crippen LogP contribution in [0.15, 0.2) is 41.0 Å². The van der Waals surface area contributed by atoms with Gasteiger partial charge < -0.3 is 0 Å². The Morgan fingerprint density at radius 2 is 2.11 bits per heavy atom. The number of rotatable bonds is 3. The van der Waals surface area contributed by atoms with E-state index >= 15 is 0 Å². The summed E-state index contributed by atoms with van der Waals surface area (Å²) in [6, 6.07) is 8.24. The summed E-state index contributed by atoms with van der Waals surface area (Å²) in [4.78, 5) is 4.19. The first kappa shape index (κ1) is 13.1. The van der Waals surface area contributed by atoms with Gasteiger partial charge in [-0.05, 0) is 30.7 Å². The average molecular weight is 310 g/mol. The van der Waals surface area contributed by atoms with Crippen molar-refractivity contribution in [3.8, 4) is 0 Å². The van der Waals surface area contributed by atoms with Crippen molar-refractivity contribution < 1.29 is 4.39 Å². The summed E-state index contributed by atoms with van der Waals surface area (Å²) in [5.74, 6) is 5.21. The Labute approximate surface area is 113 Å². The first-order valence-corrected chi connectivity index (χ1v) is 6.24. The Kier molecular flexibility index (Phi) is 4.06. The fraction of sp³-hybridized carbons (Fsp3) is 0.154. The van der Waals surface area contributed by atoms with Gasteiger partial charge in [0.15, 0.2) is 0 Å². The zero-order chi connectivity index (χ0) is 13.1. The lowest BCUT2D eigenvalue weighted by atomic mass is 10.00. The quantitative estimate of drug-likeness (QED) is 0.677. The zero-order valence-electron chi connectivity index (χ0n) is 9.82. The normalized spacial score (nSPS) is 12.4. The van der Waals surface area contributed by atoms with Crippen molar-refractivity contribution in [1.82, 2.24) is 10.4 Å². The number of aryl methyl sites for hydroxylation is 1. The lowest BCUT2D eigenvalue weighted by molar-refractivity contribution is 0.558. The maximum Gasteiger partial charge on any atom is 0.129 e. The third-order valence-corrected chi connectivity index (χ3v) is 3.20. The maximum absolute atomic E-state index is 13.9. The SMILES string of the molecule is Cc1ccc(C(NN)c2ccc(Br)cc2F)cn1. The van der Waals surface area contributed by atoms with Gasteiger partial charge >= 0.3 is 0 Å². The Balaban J connectivity index is 2.41. The van der Waals surface area contributed by atoms with E-state index in [1.807, 2.05) is 19.1 Å². The van der Waals surface area contributed by atoms with Crippen LogP contribution in [0.4, 0.5) is 4.39 Å². The number of hydrazine groups is 1. The first-order valence-electron chi connectivity index (χ1n) is 5.45. The molecular formula is C13H13BrFN3. The van der Waals surface area contributed by atoms with Crippen LogP contribution in [-0.4, -0.2) is 4.98 Å². The molecule has 3 N–H and O–H groups in total. The number of pyridine rings is 1. The van der Waals surface area contributed by atoms with E-state index in [9.17, 15) is 4.39 Å². The van der Waals surface area contributed by atoms with Crippen LogP contribution in [0.5, 0.6) is 0 Å². The number of hydrogen-bond acceptors (Lipinski definition) is 3. The van der Waals surface area contributed by atoms with Crippen molar-refractivity contribution in [3.05, 3.63) is 63.6 Å². The highest BCUT2D eigenvalue weighted by molar-refractivity contribution is 9.10. The summed E-state index contributed by atoms with van der Waals surface area (Å²) in [6.07, 6.45) is 1.70. The largest absolute Gasteiger partial charge is 0.271 e. The molecule has 0 aliphatic rings. The number of hydrogen-bond donors (Lipinski definition) is 2. The van der Waals surface area contributed by atoms with E-state index in [0.717, 1.165) is 11.3 Å². The van der Waals surface area contributed by atoms with Gasteiger partial charge in [0.2, 0.25) is 0 Å². The molecule has 2 rings (SSSR count). The van der Waals surface area contributed by atoms with Crippen LogP contribution in [-0.2, 0) is 0 Å². The summed E-state index contributed by atoms with van der Waals surface area (Å²) in [5, 5.41) is 0. The molecule has 0 fully saturated rings. The lowest BCUT2D eigenvalue weighted by Gasteiger charge is -2.17. The third-order valence-electron chi connectivity index (χ3n) is 2.71. The Morgan fingerprint density at radius 1 is 1.33 bits per heavy atom. The number of benzene rings is 1. The summed E-state index contributed by atoms with van der Waals surface area (Å²) in [6.45, 7) is 1.90. The second kappa shape index (κ2) is 5.56. The van der Waals surface area contributed by atoms with Gasteiger partial charge in [0, 0.05) is 21.9 Å². The highest BCUT2D eigenvalue weighted by atomic mass is 79.9. The van der Waals surface area contributed by atoms with Gasteiger partial charge in [0.1, 0.15) is 5.82 Å². The highest BCUT2D eigenvalue weighted by Crippen LogP contribution is 2.25. The predicted molar refractivity (Wildman–Crippen MR) is 72.2 cm³/mol. The number of nitrogens with two attached hydrogens (primary N) is 1. The van der Waals surface area contributed by atoms with Crippen molar-refractivity contribution >= 4 is 15.9 Å². The molecule has 1 atom stereocenters. The van der Waals surface area contributed by atoms with Gasteiger partial charge in [-0.3, -0.25) is 10.8 Å². The van der Waals surface area contributed by atoms with Crippen molar-refractivity contribution in [2.75, 3.05) is 0 Å². The fourth-order valence-corrected chi connectivity index (χ4v) is 2.08. The van der Waals surface area contributed by atoms with E-state index in [-0.39, 0.29) is 5.82 Å². The van der Waals surface area contributed by atoms with Crippen LogP contribution in [0, 0.1) is 12.7 Å². The van der Waals surface area contributed by atoms with Gasteiger partial charge in [0.05, 0.1) is 6.04 Å². The topological polar surface area (TPSA) is 50.9 Å². The van der Waals surface area contributed by atoms with E-state index in [0.29, 0.717) is 10.0 Å². The maximum atomic E-state index is 13.9. The highest BCUT2D eigenvalue weighted by Gasteiger charge is 2.16. The minimum Gasteiger partial charge on any atom is -0.271 e. The Hall–Kier alpha value is -1.30. The second-order valence-electron chi connectivity index (χ2n) is 4.00.